The molecule has 1 aromatic heterocycles. The van der Waals surface area contributed by atoms with Gasteiger partial charge in [-0.3, -0.25) is 0 Å². The van der Waals surface area contributed by atoms with E-state index in [1.807, 2.05) is 12.1 Å². The highest BCUT2D eigenvalue weighted by atomic mass is 32.1. The standard InChI is InChI=1S/C19H25N3O2S/c1-23-16-7-6-14(12-17(16)24-15-4-2-3-5-15)19-22-21-18(25-19)13-8-10-20-11-9-13/h6-7,12-13,15,20H,2-5,8-11H2,1H3. The predicted octanol–water partition coefficient (Wildman–Crippen LogP) is 4.00. The third-order valence-corrected chi connectivity index (χ3v) is 6.27. The minimum absolute atomic E-state index is 0.309. The Balaban J connectivity index is 1.56. The molecule has 0 radical (unpaired) electrons. The van der Waals surface area contributed by atoms with Crippen LogP contribution < -0.4 is 14.8 Å². The molecule has 2 aromatic rings. The maximum atomic E-state index is 6.21. The first-order valence-electron chi connectivity index (χ1n) is 9.22. The normalized spacial score (nSPS) is 19.2. The molecule has 1 aliphatic heterocycles. The molecule has 0 bridgehead atoms. The molecule has 5 nitrogen and oxygen atoms in total. The average molecular weight is 359 g/mol. The van der Waals surface area contributed by atoms with E-state index in [4.69, 9.17) is 9.47 Å². The summed E-state index contributed by atoms with van der Waals surface area (Å²) in [5.74, 6) is 2.16. The zero-order valence-electron chi connectivity index (χ0n) is 14.7. The monoisotopic (exact) mass is 359 g/mol. The van der Waals surface area contributed by atoms with Crippen molar-refractivity contribution in [1.82, 2.24) is 15.5 Å². The predicted molar refractivity (Wildman–Crippen MR) is 99.6 cm³/mol. The molecule has 1 aliphatic carbocycles. The molecule has 1 aromatic carbocycles. The Morgan fingerprint density at radius 1 is 1.04 bits per heavy atom. The second kappa shape index (κ2) is 7.70. The maximum Gasteiger partial charge on any atom is 0.162 e. The minimum atomic E-state index is 0.309. The van der Waals surface area contributed by atoms with Gasteiger partial charge in [0.25, 0.3) is 0 Å². The zero-order valence-corrected chi connectivity index (χ0v) is 15.5. The van der Waals surface area contributed by atoms with Crippen molar-refractivity contribution in [3.05, 3.63) is 23.2 Å². The molecule has 0 spiro atoms. The molecule has 0 atom stereocenters. The minimum Gasteiger partial charge on any atom is -0.493 e. The summed E-state index contributed by atoms with van der Waals surface area (Å²) in [4.78, 5) is 0. The van der Waals surface area contributed by atoms with Crippen LogP contribution >= 0.6 is 11.3 Å². The van der Waals surface area contributed by atoms with Gasteiger partial charge in [-0.2, -0.15) is 0 Å². The summed E-state index contributed by atoms with van der Waals surface area (Å²) in [7, 11) is 1.69. The van der Waals surface area contributed by atoms with Crippen LogP contribution in [0.25, 0.3) is 10.6 Å². The summed E-state index contributed by atoms with van der Waals surface area (Å²) in [6.07, 6.45) is 7.37. The number of nitrogens with one attached hydrogen (secondary N) is 1. The SMILES string of the molecule is COc1ccc(-c2nnc(C3CCNCC3)s2)cc1OC1CCCC1. The van der Waals surface area contributed by atoms with E-state index in [-0.39, 0.29) is 0 Å². The molecule has 4 rings (SSSR count). The summed E-state index contributed by atoms with van der Waals surface area (Å²) < 4.78 is 11.7. The van der Waals surface area contributed by atoms with Crippen molar-refractivity contribution in [3.8, 4) is 22.1 Å². The molecule has 134 valence electrons. The second-order valence-electron chi connectivity index (χ2n) is 6.86. The highest BCUT2D eigenvalue weighted by molar-refractivity contribution is 7.14. The Morgan fingerprint density at radius 3 is 2.60 bits per heavy atom. The molecule has 25 heavy (non-hydrogen) atoms. The number of hydrogen-bond acceptors (Lipinski definition) is 6. The van der Waals surface area contributed by atoms with Gasteiger partial charge in [-0.25, -0.2) is 0 Å². The fraction of sp³-hybridized carbons (Fsp3) is 0.579. The van der Waals surface area contributed by atoms with Crippen LogP contribution in [0.3, 0.4) is 0 Å². The van der Waals surface area contributed by atoms with E-state index >= 15 is 0 Å². The van der Waals surface area contributed by atoms with Gasteiger partial charge in [0, 0.05) is 11.5 Å². The van der Waals surface area contributed by atoms with E-state index < -0.39 is 0 Å². The van der Waals surface area contributed by atoms with E-state index in [2.05, 4.69) is 21.6 Å². The van der Waals surface area contributed by atoms with Crippen molar-refractivity contribution >= 4 is 11.3 Å². The van der Waals surface area contributed by atoms with Crippen molar-refractivity contribution < 1.29 is 9.47 Å². The van der Waals surface area contributed by atoms with Crippen LogP contribution in [0.15, 0.2) is 18.2 Å². The highest BCUT2D eigenvalue weighted by Crippen LogP contribution is 2.37. The summed E-state index contributed by atoms with van der Waals surface area (Å²) in [6, 6.07) is 6.09. The average Bonchev–Trinajstić information content (AvgIpc) is 3.34. The molecule has 6 heteroatoms. The first-order valence-corrected chi connectivity index (χ1v) is 10.0. The van der Waals surface area contributed by atoms with Gasteiger partial charge in [0.15, 0.2) is 11.5 Å². The van der Waals surface area contributed by atoms with E-state index in [9.17, 15) is 0 Å². The number of benzene rings is 1. The third-order valence-electron chi connectivity index (χ3n) is 5.14. The van der Waals surface area contributed by atoms with Crippen LogP contribution in [0.1, 0.15) is 49.5 Å². The molecular weight excluding hydrogens is 334 g/mol. The molecule has 2 heterocycles. The Kier molecular flexibility index (Phi) is 5.17. The maximum absolute atomic E-state index is 6.21. The van der Waals surface area contributed by atoms with Gasteiger partial charge < -0.3 is 14.8 Å². The van der Waals surface area contributed by atoms with E-state index in [0.717, 1.165) is 65.9 Å². The van der Waals surface area contributed by atoms with E-state index in [1.54, 1.807) is 18.4 Å². The smallest absolute Gasteiger partial charge is 0.162 e. The number of nitrogens with zero attached hydrogens (tertiary/aromatic N) is 2. The van der Waals surface area contributed by atoms with Gasteiger partial charge in [0.1, 0.15) is 10.0 Å². The third kappa shape index (κ3) is 3.80. The Labute approximate surface area is 152 Å². The fourth-order valence-electron chi connectivity index (χ4n) is 3.67. The van der Waals surface area contributed by atoms with Gasteiger partial charge in [-0.1, -0.05) is 11.3 Å². The van der Waals surface area contributed by atoms with E-state index in [1.165, 1.54) is 12.8 Å². The largest absolute Gasteiger partial charge is 0.493 e. The second-order valence-corrected chi connectivity index (χ2v) is 7.87. The van der Waals surface area contributed by atoms with Crippen LogP contribution in [-0.2, 0) is 0 Å². The van der Waals surface area contributed by atoms with Crippen LogP contribution in [0.4, 0.5) is 0 Å². The van der Waals surface area contributed by atoms with Gasteiger partial charge in [-0.05, 0) is 69.8 Å². The Bertz CT molecular complexity index is 706. The first-order chi connectivity index (χ1) is 12.3. The molecule has 1 N–H and O–H groups in total. The van der Waals surface area contributed by atoms with Gasteiger partial charge in [0.2, 0.25) is 0 Å². The quantitative estimate of drug-likeness (QED) is 0.874. The lowest BCUT2D eigenvalue weighted by atomic mass is 9.99. The summed E-state index contributed by atoms with van der Waals surface area (Å²) in [5, 5.41) is 14.4. The van der Waals surface area contributed by atoms with Crippen molar-refractivity contribution in [1.29, 1.82) is 0 Å². The van der Waals surface area contributed by atoms with Crippen molar-refractivity contribution in [3.63, 3.8) is 0 Å². The van der Waals surface area contributed by atoms with Gasteiger partial charge >= 0.3 is 0 Å². The first kappa shape index (κ1) is 16.8. The van der Waals surface area contributed by atoms with Crippen molar-refractivity contribution in [2.24, 2.45) is 0 Å². The van der Waals surface area contributed by atoms with Gasteiger partial charge in [-0.15, -0.1) is 10.2 Å². The number of hydrogen-bond donors (Lipinski definition) is 1. The molecule has 2 aliphatic rings. The van der Waals surface area contributed by atoms with Crippen molar-refractivity contribution in [2.75, 3.05) is 20.2 Å². The lowest BCUT2D eigenvalue weighted by Crippen LogP contribution is -2.26. The van der Waals surface area contributed by atoms with Crippen LogP contribution in [0, 0.1) is 0 Å². The zero-order chi connectivity index (χ0) is 17.1. The molecule has 1 saturated carbocycles. The topological polar surface area (TPSA) is 56.3 Å². The molecule has 2 fully saturated rings. The van der Waals surface area contributed by atoms with Crippen LogP contribution in [0.2, 0.25) is 0 Å². The molecular formula is C19H25N3O2S. The number of rotatable bonds is 5. The number of aromatic nitrogens is 2. The van der Waals surface area contributed by atoms with Gasteiger partial charge in [0.05, 0.1) is 13.2 Å². The van der Waals surface area contributed by atoms with E-state index in [0.29, 0.717) is 12.0 Å². The molecule has 1 saturated heterocycles. The van der Waals surface area contributed by atoms with Crippen molar-refractivity contribution in [2.45, 2.75) is 50.5 Å². The number of ether oxygens (including phenoxy) is 2. The summed E-state index contributed by atoms with van der Waals surface area (Å²) in [6.45, 7) is 2.14. The summed E-state index contributed by atoms with van der Waals surface area (Å²) in [5.41, 5.74) is 1.06. The highest BCUT2D eigenvalue weighted by Gasteiger charge is 2.22. The Morgan fingerprint density at radius 2 is 1.84 bits per heavy atom. The lowest BCUT2D eigenvalue weighted by molar-refractivity contribution is 0.201. The summed E-state index contributed by atoms with van der Waals surface area (Å²) >= 11 is 1.71. The Hall–Kier alpha value is -1.66. The lowest BCUT2D eigenvalue weighted by Gasteiger charge is -2.19. The fourth-order valence-corrected chi connectivity index (χ4v) is 4.68. The van der Waals surface area contributed by atoms with Crippen LogP contribution in [0.5, 0.6) is 11.5 Å². The van der Waals surface area contributed by atoms with Crippen LogP contribution in [-0.4, -0.2) is 36.5 Å². The number of methoxy groups -OCH3 is 1. The molecule has 0 unspecified atom stereocenters. The number of piperidine rings is 1. The molecule has 0 amide bonds.